The molecular weight excluding hydrogens is 433 g/mol. The Hall–Kier alpha value is -3.07. The number of carbonyl (C=O) groups excluding carboxylic acids is 3. The van der Waals surface area contributed by atoms with Crippen molar-refractivity contribution in [2.45, 2.75) is 17.4 Å². The number of anilines is 1. The van der Waals surface area contributed by atoms with Gasteiger partial charge in [-0.1, -0.05) is 12.1 Å². The van der Waals surface area contributed by atoms with E-state index in [2.05, 4.69) is 16.0 Å². The zero-order valence-electron chi connectivity index (χ0n) is 18.5. The number of nitrogens with one attached hydrogen (secondary N) is 3. The second kappa shape index (κ2) is 9.60. The van der Waals surface area contributed by atoms with Gasteiger partial charge in [0.2, 0.25) is 11.8 Å². The van der Waals surface area contributed by atoms with Crippen molar-refractivity contribution in [3.63, 3.8) is 0 Å². The fourth-order valence-corrected chi connectivity index (χ4v) is 4.56. The number of hydrogen-bond acceptors (Lipinski definition) is 4. The van der Waals surface area contributed by atoms with Crippen LogP contribution in [0.25, 0.3) is 0 Å². The first-order valence-electron chi connectivity index (χ1n) is 10.1. The summed E-state index contributed by atoms with van der Waals surface area (Å²) >= 11 is 0. The molecule has 0 radical (unpaired) electrons. The van der Waals surface area contributed by atoms with Crippen molar-refractivity contribution in [1.29, 1.82) is 0 Å². The molecule has 0 aromatic heterocycles. The van der Waals surface area contributed by atoms with E-state index >= 15 is 0 Å². The Bertz CT molecular complexity index is 1020. The maximum atomic E-state index is 14.6. The highest BCUT2D eigenvalue weighted by molar-refractivity contribution is 8.32. The van der Waals surface area contributed by atoms with Crippen molar-refractivity contribution in [2.24, 2.45) is 5.92 Å². The van der Waals surface area contributed by atoms with Crippen LogP contribution in [-0.4, -0.2) is 50.1 Å². The first-order valence-corrected chi connectivity index (χ1v) is 12.9. The molecule has 3 amide bonds. The van der Waals surface area contributed by atoms with Gasteiger partial charge in [-0.05, 0) is 54.7 Å². The number of hydrogen-bond donors (Lipinski definition) is 3. The van der Waals surface area contributed by atoms with Gasteiger partial charge in [-0.2, -0.15) is 0 Å². The Morgan fingerprint density at radius 2 is 1.84 bits per heavy atom. The minimum absolute atomic E-state index is 0.0740. The lowest BCUT2D eigenvalue weighted by Gasteiger charge is -2.26. The van der Waals surface area contributed by atoms with Gasteiger partial charge >= 0.3 is 0 Å². The molecule has 1 saturated heterocycles. The molecule has 1 fully saturated rings. The van der Waals surface area contributed by atoms with Gasteiger partial charge in [-0.3, -0.25) is 14.4 Å². The number of carbonyl (C=O) groups is 3. The van der Waals surface area contributed by atoms with Crippen molar-refractivity contribution in [3.05, 3.63) is 53.8 Å². The van der Waals surface area contributed by atoms with Crippen LogP contribution in [0.5, 0.6) is 5.75 Å². The Kier molecular flexibility index (Phi) is 7.08. The molecular formula is C23H28FN3O4S. The van der Waals surface area contributed by atoms with Gasteiger partial charge in [-0.25, -0.2) is 14.4 Å². The smallest absolute Gasteiger partial charge is 0.251 e. The van der Waals surface area contributed by atoms with Crippen LogP contribution in [0.4, 0.5) is 10.1 Å². The standard InChI is InChI=1S/C23H28FN3O4S/c1-31-17-8-5-14(6-9-17)21(27-22(29)15-11-20(28)25-13-15)23(30)26-16-7-10-19(18(24)12-16)32(2,3)4/h5-10,12,15,21H,11,13H2,1-4H3,(H,25,28)(H,26,30)(H,27,29). The van der Waals surface area contributed by atoms with Crippen molar-refractivity contribution >= 4 is 33.4 Å². The van der Waals surface area contributed by atoms with Crippen LogP contribution in [0.15, 0.2) is 47.4 Å². The topological polar surface area (TPSA) is 96.5 Å². The van der Waals surface area contributed by atoms with Gasteiger partial charge < -0.3 is 20.7 Å². The Morgan fingerprint density at radius 1 is 1.16 bits per heavy atom. The highest BCUT2D eigenvalue weighted by atomic mass is 32.3. The molecule has 7 nitrogen and oxygen atoms in total. The molecule has 0 saturated carbocycles. The quantitative estimate of drug-likeness (QED) is 0.591. The van der Waals surface area contributed by atoms with Crippen LogP contribution in [0.2, 0.25) is 0 Å². The molecule has 0 aliphatic carbocycles. The third-order valence-corrected chi connectivity index (χ3v) is 6.86. The lowest BCUT2D eigenvalue weighted by molar-refractivity contribution is -0.129. The molecule has 32 heavy (non-hydrogen) atoms. The first kappa shape index (κ1) is 23.6. The number of methoxy groups -OCH3 is 1. The lowest BCUT2D eigenvalue weighted by Crippen LogP contribution is -2.40. The van der Waals surface area contributed by atoms with Gasteiger partial charge in [0, 0.05) is 23.5 Å². The second-order valence-electron chi connectivity index (χ2n) is 8.39. The summed E-state index contributed by atoms with van der Waals surface area (Å²) in [5.74, 6) is -1.46. The molecule has 0 spiro atoms. The summed E-state index contributed by atoms with van der Waals surface area (Å²) in [6.07, 6.45) is 6.04. The average Bonchev–Trinajstić information content (AvgIpc) is 3.17. The zero-order valence-corrected chi connectivity index (χ0v) is 19.3. The van der Waals surface area contributed by atoms with E-state index in [0.29, 0.717) is 21.9 Å². The van der Waals surface area contributed by atoms with E-state index in [9.17, 15) is 18.8 Å². The van der Waals surface area contributed by atoms with Crippen molar-refractivity contribution < 1.29 is 23.5 Å². The van der Waals surface area contributed by atoms with Crippen LogP contribution in [0, 0.1) is 11.7 Å². The van der Waals surface area contributed by atoms with Gasteiger partial charge in [0.15, 0.2) is 0 Å². The Morgan fingerprint density at radius 3 is 2.38 bits per heavy atom. The highest BCUT2D eigenvalue weighted by Gasteiger charge is 2.32. The predicted molar refractivity (Wildman–Crippen MR) is 124 cm³/mol. The molecule has 172 valence electrons. The summed E-state index contributed by atoms with van der Waals surface area (Å²) in [6.45, 7) is 0.226. The van der Waals surface area contributed by atoms with E-state index in [0.717, 1.165) is 0 Å². The van der Waals surface area contributed by atoms with E-state index in [-0.39, 0.29) is 24.7 Å². The van der Waals surface area contributed by atoms with Crippen LogP contribution in [0.1, 0.15) is 18.0 Å². The molecule has 1 aliphatic rings. The van der Waals surface area contributed by atoms with Crippen LogP contribution in [0.3, 0.4) is 0 Å². The fourth-order valence-electron chi connectivity index (χ4n) is 3.44. The van der Waals surface area contributed by atoms with Gasteiger partial charge in [-0.15, -0.1) is 0 Å². The molecule has 3 rings (SSSR count). The normalized spacial score (nSPS) is 17.3. The Labute approximate surface area is 188 Å². The Balaban J connectivity index is 1.83. The van der Waals surface area contributed by atoms with E-state index in [4.69, 9.17) is 4.74 Å². The minimum Gasteiger partial charge on any atom is -0.497 e. The summed E-state index contributed by atoms with van der Waals surface area (Å²) in [5.41, 5.74) is 0.829. The largest absolute Gasteiger partial charge is 0.497 e. The third-order valence-electron chi connectivity index (χ3n) is 5.21. The third kappa shape index (κ3) is 5.59. The monoisotopic (exact) mass is 461 g/mol. The van der Waals surface area contributed by atoms with Crippen LogP contribution >= 0.6 is 10.0 Å². The molecule has 1 aliphatic heterocycles. The summed E-state index contributed by atoms with van der Waals surface area (Å²) in [6, 6.07) is 10.3. The SMILES string of the molecule is COc1ccc(C(NC(=O)C2CNC(=O)C2)C(=O)Nc2ccc(S(C)(C)C)c(F)c2)cc1. The molecule has 0 bridgehead atoms. The van der Waals surface area contributed by atoms with Crippen molar-refractivity contribution in [1.82, 2.24) is 10.6 Å². The molecule has 1 heterocycles. The summed E-state index contributed by atoms with van der Waals surface area (Å²) in [7, 11) is 0.266. The lowest BCUT2D eigenvalue weighted by atomic mass is 10.0. The summed E-state index contributed by atoms with van der Waals surface area (Å²) < 4.78 is 19.8. The predicted octanol–water partition coefficient (Wildman–Crippen LogP) is 2.82. The molecule has 2 aromatic carbocycles. The van der Waals surface area contributed by atoms with Gasteiger partial charge in [0.05, 0.1) is 13.0 Å². The maximum absolute atomic E-state index is 14.6. The number of amides is 3. The number of halogens is 1. The number of ether oxygens (including phenoxy) is 1. The molecule has 9 heteroatoms. The van der Waals surface area contributed by atoms with Crippen LogP contribution < -0.4 is 20.7 Å². The molecule has 2 aromatic rings. The summed E-state index contributed by atoms with van der Waals surface area (Å²) in [4.78, 5) is 37.9. The first-order chi connectivity index (χ1) is 15.1. The molecule has 2 atom stereocenters. The second-order valence-corrected chi connectivity index (χ2v) is 12.5. The number of rotatable bonds is 7. The minimum atomic E-state index is -1.26. The molecule has 3 N–H and O–H groups in total. The van der Waals surface area contributed by atoms with Crippen molar-refractivity contribution in [2.75, 3.05) is 37.7 Å². The fraction of sp³-hybridized carbons (Fsp3) is 0.348. The highest BCUT2D eigenvalue weighted by Crippen LogP contribution is 2.46. The maximum Gasteiger partial charge on any atom is 0.251 e. The number of benzene rings is 2. The van der Waals surface area contributed by atoms with E-state index < -0.39 is 33.8 Å². The van der Waals surface area contributed by atoms with E-state index in [1.165, 1.54) is 13.2 Å². The van der Waals surface area contributed by atoms with E-state index in [1.807, 2.05) is 18.8 Å². The molecule has 2 unspecified atom stereocenters. The van der Waals surface area contributed by atoms with Crippen molar-refractivity contribution in [3.8, 4) is 5.75 Å². The van der Waals surface area contributed by atoms with Gasteiger partial charge in [0.1, 0.15) is 17.6 Å². The zero-order chi connectivity index (χ0) is 23.5. The average molecular weight is 462 g/mol. The van der Waals surface area contributed by atoms with E-state index in [1.54, 1.807) is 36.4 Å². The van der Waals surface area contributed by atoms with Crippen LogP contribution in [-0.2, 0) is 14.4 Å². The van der Waals surface area contributed by atoms with Gasteiger partial charge in [0.25, 0.3) is 5.91 Å². The summed E-state index contributed by atoms with van der Waals surface area (Å²) in [5, 5.41) is 8.04.